The number of aliphatic hydroxyl groups is 1. The fourth-order valence-corrected chi connectivity index (χ4v) is 2.96. The molecule has 1 unspecified atom stereocenters. The number of rotatable bonds is 11. The molecule has 34 heavy (non-hydrogen) atoms. The average Bonchev–Trinajstić information content (AvgIpc) is 2.80. The zero-order chi connectivity index (χ0) is 25.6. The molecule has 1 atom stereocenters. The SMILES string of the molecule is C=CC(=O)NC(CO)COc1ccc(C(C)(C)c2ccc(OCC(F)(F)C(F)(F)F)cc2)cc1. The van der Waals surface area contributed by atoms with Crippen LogP contribution >= 0.6 is 0 Å². The second-order valence-electron chi connectivity index (χ2n) is 8.07. The zero-order valence-corrected chi connectivity index (χ0v) is 18.7. The molecule has 2 N–H and O–H groups in total. The van der Waals surface area contributed by atoms with E-state index in [-0.39, 0.29) is 19.0 Å². The van der Waals surface area contributed by atoms with Gasteiger partial charge in [-0.2, -0.15) is 22.0 Å². The Balaban J connectivity index is 2.02. The molecule has 0 spiro atoms. The number of hydrogen-bond donors (Lipinski definition) is 2. The lowest BCUT2D eigenvalue weighted by Gasteiger charge is -2.27. The topological polar surface area (TPSA) is 67.8 Å². The summed E-state index contributed by atoms with van der Waals surface area (Å²) in [5, 5.41) is 11.9. The van der Waals surface area contributed by atoms with Crippen LogP contribution in [-0.2, 0) is 10.2 Å². The Kier molecular flexibility index (Phi) is 8.66. The zero-order valence-electron chi connectivity index (χ0n) is 18.7. The largest absolute Gasteiger partial charge is 0.491 e. The number of halogens is 5. The summed E-state index contributed by atoms with van der Waals surface area (Å²) in [6.07, 6.45) is -4.58. The highest BCUT2D eigenvalue weighted by atomic mass is 19.4. The van der Waals surface area contributed by atoms with Crippen LogP contribution in [0.2, 0.25) is 0 Å². The Morgan fingerprint density at radius 2 is 1.44 bits per heavy atom. The minimum atomic E-state index is -5.68. The van der Waals surface area contributed by atoms with Crippen LogP contribution in [-0.4, -0.2) is 49.0 Å². The summed E-state index contributed by atoms with van der Waals surface area (Å²) in [4.78, 5) is 11.3. The van der Waals surface area contributed by atoms with Crippen LogP contribution in [0.25, 0.3) is 0 Å². The van der Waals surface area contributed by atoms with Crippen molar-refractivity contribution >= 4 is 5.91 Å². The lowest BCUT2D eigenvalue weighted by molar-refractivity contribution is -0.290. The lowest BCUT2D eigenvalue weighted by Crippen LogP contribution is -2.41. The van der Waals surface area contributed by atoms with E-state index in [1.807, 2.05) is 26.0 Å². The van der Waals surface area contributed by atoms with Gasteiger partial charge in [0.15, 0.2) is 6.61 Å². The predicted octanol–water partition coefficient (Wildman–Crippen LogP) is 4.63. The van der Waals surface area contributed by atoms with E-state index in [9.17, 15) is 31.9 Å². The highest BCUT2D eigenvalue weighted by molar-refractivity contribution is 5.87. The second kappa shape index (κ2) is 10.9. The van der Waals surface area contributed by atoms with Gasteiger partial charge in [0.1, 0.15) is 18.1 Å². The summed E-state index contributed by atoms with van der Waals surface area (Å²) < 4.78 is 73.1. The molecule has 186 valence electrons. The van der Waals surface area contributed by atoms with Crippen molar-refractivity contribution in [3.05, 3.63) is 72.3 Å². The van der Waals surface area contributed by atoms with E-state index in [1.54, 1.807) is 24.3 Å². The van der Waals surface area contributed by atoms with Gasteiger partial charge in [-0.05, 0) is 41.5 Å². The molecule has 0 bridgehead atoms. The molecule has 0 saturated carbocycles. The molecular weight excluding hydrogens is 461 g/mol. The van der Waals surface area contributed by atoms with Crippen molar-refractivity contribution in [3.8, 4) is 11.5 Å². The third-order valence-electron chi connectivity index (χ3n) is 5.19. The number of carbonyl (C=O) groups excluding carboxylic acids is 1. The van der Waals surface area contributed by atoms with Crippen molar-refractivity contribution in [2.75, 3.05) is 19.8 Å². The molecule has 0 aromatic heterocycles. The van der Waals surface area contributed by atoms with Crippen LogP contribution in [0.3, 0.4) is 0 Å². The standard InChI is InChI=1S/C24H26F5NO4/c1-4-21(32)30-18(13-31)14-33-19-9-5-16(6-10-19)22(2,3)17-7-11-20(12-8-17)34-15-23(25,26)24(27,28)29/h4-12,18,31H,1,13-15H2,2-3H3,(H,30,32). The van der Waals surface area contributed by atoms with E-state index in [0.29, 0.717) is 5.75 Å². The third kappa shape index (κ3) is 6.93. The van der Waals surface area contributed by atoms with Gasteiger partial charge in [0.25, 0.3) is 0 Å². The van der Waals surface area contributed by atoms with E-state index in [0.717, 1.165) is 17.2 Å². The summed E-state index contributed by atoms with van der Waals surface area (Å²) in [5.41, 5.74) is 1.14. The highest BCUT2D eigenvalue weighted by Crippen LogP contribution is 2.36. The lowest BCUT2D eigenvalue weighted by atomic mass is 9.78. The maximum absolute atomic E-state index is 13.0. The number of carbonyl (C=O) groups is 1. The molecule has 0 saturated heterocycles. The number of aliphatic hydroxyl groups excluding tert-OH is 1. The van der Waals surface area contributed by atoms with Gasteiger partial charge in [0, 0.05) is 5.41 Å². The predicted molar refractivity (Wildman–Crippen MR) is 116 cm³/mol. The fourth-order valence-electron chi connectivity index (χ4n) is 2.96. The van der Waals surface area contributed by atoms with Crippen molar-refractivity contribution in [1.29, 1.82) is 0 Å². The molecule has 0 radical (unpaired) electrons. The maximum atomic E-state index is 13.0. The Hall–Kier alpha value is -3.14. The van der Waals surface area contributed by atoms with Gasteiger partial charge in [-0.15, -0.1) is 0 Å². The van der Waals surface area contributed by atoms with E-state index >= 15 is 0 Å². The summed E-state index contributed by atoms with van der Waals surface area (Å²) in [6, 6.07) is 12.4. The van der Waals surface area contributed by atoms with Crippen LogP contribution in [0.5, 0.6) is 11.5 Å². The first-order valence-corrected chi connectivity index (χ1v) is 10.2. The van der Waals surface area contributed by atoms with Crippen molar-refractivity contribution in [2.24, 2.45) is 0 Å². The molecule has 0 aliphatic carbocycles. The first-order chi connectivity index (χ1) is 15.8. The summed E-state index contributed by atoms with van der Waals surface area (Å²) >= 11 is 0. The smallest absolute Gasteiger partial charge is 0.456 e. The molecule has 0 aliphatic rings. The molecule has 10 heteroatoms. The van der Waals surface area contributed by atoms with E-state index in [4.69, 9.17) is 4.74 Å². The van der Waals surface area contributed by atoms with E-state index in [2.05, 4.69) is 16.6 Å². The third-order valence-corrected chi connectivity index (χ3v) is 5.19. The van der Waals surface area contributed by atoms with E-state index in [1.165, 1.54) is 12.1 Å². The second-order valence-corrected chi connectivity index (χ2v) is 8.07. The Bertz CT molecular complexity index is 957. The number of amides is 1. The number of hydrogen-bond acceptors (Lipinski definition) is 4. The van der Waals surface area contributed by atoms with E-state index < -0.39 is 36.1 Å². The number of ether oxygens (including phenoxy) is 2. The van der Waals surface area contributed by atoms with Gasteiger partial charge in [0.2, 0.25) is 5.91 Å². The minimum Gasteiger partial charge on any atom is -0.491 e. The van der Waals surface area contributed by atoms with Crippen molar-refractivity contribution in [2.45, 2.75) is 37.4 Å². The van der Waals surface area contributed by atoms with Crippen LogP contribution in [0.15, 0.2) is 61.2 Å². The molecule has 2 rings (SSSR count). The fraction of sp³-hybridized carbons (Fsp3) is 0.375. The minimum absolute atomic E-state index is 0.0493. The molecule has 5 nitrogen and oxygen atoms in total. The molecule has 2 aromatic rings. The normalized spacial score (nSPS) is 13.2. The molecular formula is C24H26F5NO4. The van der Waals surface area contributed by atoms with Crippen molar-refractivity contribution in [3.63, 3.8) is 0 Å². The Morgan fingerprint density at radius 3 is 1.85 bits per heavy atom. The average molecular weight is 487 g/mol. The van der Waals surface area contributed by atoms with Crippen LogP contribution in [0.1, 0.15) is 25.0 Å². The molecule has 0 fully saturated rings. The van der Waals surface area contributed by atoms with Crippen LogP contribution < -0.4 is 14.8 Å². The van der Waals surface area contributed by atoms with Gasteiger partial charge >= 0.3 is 12.1 Å². The Labute approximate surface area is 194 Å². The van der Waals surface area contributed by atoms with Crippen LogP contribution in [0.4, 0.5) is 22.0 Å². The number of alkyl halides is 5. The first kappa shape index (κ1) is 27.1. The van der Waals surface area contributed by atoms with Crippen LogP contribution in [0, 0.1) is 0 Å². The Morgan fingerprint density at radius 1 is 0.971 bits per heavy atom. The number of benzene rings is 2. The van der Waals surface area contributed by atoms with Gasteiger partial charge < -0.3 is 19.9 Å². The van der Waals surface area contributed by atoms with Crippen molar-refractivity contribution < 1.29 is 41.3 Å². The summed E-state index contributed by atoms with van der Waals surface area (Å²) in [7, 11) is 0. The molecule has 0 heterocycles. The molecule has 1 amide bonds. The maximum Gasteiger partial charge on any atom is 0.456 e. The van der Waals surface area contributed by atoms with Gasteiger partial charge in [-0.25, -0.2) is 0 Å². The quantitative estimate of drug-likeness (QED) is 0.358. The van der Waals surface area contributed by atoms with Crippen molar-refractivity contribution in [1.82, 2.24) is 5.32 Å². The van der Waals surface area contributed by atoms with Gasteiger partial charge in [0.05, 0.1) is 12.6 Å². The highest BCUT2D eigenvalue weighted by Gasteiger charge is 2.58. The number of nitrogens with one attached hydrogen (secondary N) is 1. The summed E-state index contributed by atoms with van der Waals surface area (Å²) in [5.74, 6) is -4.96. The first-order valence-electron chi connectivity index (χ1n) is 10.2. The molecule has 2 aromatic carbocycles. The van der Waals surface area contributed by atoms with Gasteiger partial charge in [-0.1, -0.05) is 44.7 Å². The molecule has 0 aliphatic heterocycles. The monoisotopic (exact) mass is 487 g/mol. The van der Waals surface area contributed by atoms with Gasteiger partial charge in [-0.3, -0.25) is 4.79 Å². The summed E-state index contributed by atoms with van der Waals surface area (Å²) in [6.45, 7) is 5.13.